The predicted molar refractivity (Wildman–Crippen MR) is 131 cm³/mol. The van der Waals surface area contributed by atoms with Crippen LogP contribution >= 0.6 is 0 Å². The fourth-order valence-corrected chi connectivity index (χ4v) is 4.46. The van der Waals surface area contributed by atoms with Gasteiger partial charge in [0.1, 0.15) is 0 Å². The van der Waals surface area contributed by atoms with Gasteiger partial charge in [-0.3, -0.25) is 4.79 Å². The molecule has 6 nitrogen and oxygen atoms in total. The molecule has 1 aliphatic carbocycles. The maximum atomic E-state index is 12.9. The molecular weight excluding hydrogens is 426 g/mol. The van der Waals surface area contributed by atoms with Crippen molar-refractivity contribution < 1.29 is 14.7 Å². The maximum absolute atomic E-state index is 12.9. The number of carboxylic acids is 1. The second-order valence-corrected chi connectivity index (χ2v) is 8.75. The summed E-state index contributed by atoms with van der Waals surface area (Å²) in [4.78, 5) is 28.9. The van der Waals surface area contributed by atoms with Gasteiger partial charge >= 0.3 is 5.97 Å². The van der Waals surface area contributed by atoms with Crippen LogP contribution in [-0.2, 0) is 6.54 Å². The molecule has 6 heteroatoms. The molecule has 34 heavy (non-hydrogen) atoms. The highest BCUT2D eigenvalue weighted by atomic mass is 16.4. The van der Waals surface area contributed by atoms with Gasteiger partial charge in [-0.05, 0) is 34.6 Å². The molecule has 1 heterocycles. The second kappa shape index (κ2) is 10.9. The van der Waals surface area contributed by atoms with Crippen LogP contribution in [0.5, 0.6) is 0 Å². The molecule has 4 rings (SSSR count). The van der Waals surface area contributed by atoms with E-state index in [9.17, 15) is 14.7 Å². The number of rotatable bonds is 7. The van der Waals surface area contributed by atoms with E-state index < -0.39 is 5.97 Å². The van der Waals surface area contributed by atoms with Crippen molar-refractivity contribution in [2.45, 2.75) is 58.4 Å². The number of nitrogens with zero attached hydrogens (tertiary/aromatic N) is 3. The largest absolute Gasteiger partial charge is 0.478 e. The van der Waals surface area contributed by atoms with Crippen molar-refractivity contribution in [2.75, 3.05) is 0 Å². The van der Waals surface area contributed by atoms with Gasteiger partial charge in [-0.2, -0.15) is 4.98 Å². The van der Waals surface area contributed by atoms with Crippen LogP contribution in [0.25, 0.3) is 11.1 Å². The number of Topliss-reactive ketones (excluding diaryl/α,β-unsaturated/α-hetero) is 1. The molecular formula is C28H29N3O3. The number of hydrogen-bond acceptors (Lipinski definition) is 4. The van der Waals surface area contributed by atoms with Gasteiger partial charge in [0.25, 0.3) is 0 Å². The number of ketones is 1. The lowest BCUT2D eigenvalue weighted by molar-refractivity contribution is 0.0697. The van der Waals surface area contributed by atoms with E-state index in [1.165, 1.54) is 19.3 Å². The molecule has 1 fully saturated rings. The van der Waals surface area contributed by atoms with E-state index in [0.717, 1.165) is 24.0 Å². The van der Waals surface area contributed by atoms with Crippen molar-refractivity contribution in [2.24, 2.45) is 5.92 Å². The molecule has 0 unspecified atom stereocenters. The quantitative estimate of drug-likeness (QED) is 0.370. The zero-order chi connectivity index (χ0) is 23.9. The third-order valence-electron chi connectivity index (χ3n) is 6.25. The highest BCUT2D eigenvalue weighted by molar-refractivity contribution is 5.96. The van der Waals surface area contributed by atoms with E-state index in [1.54, 1.807) is 22.9 Å². The van der Waals surface area contributed by atoms with Crippen molar-refractivity contribution in [1.82, 2.24) is 14.8 Å². The molecule has 2 aromatic carbocycles. The van der Waals surface area contributed by atoms with E-state index in [4.69, 9.17) is 0 Å². The van der Waals surface area contributed by atoms with Crippen molar-refractivity contribution in [1.29, 1.82) is 0 Å². The molecule has 0 bridgehead atoms. The Labute approximate surface area is 200 Å². The van der Waals surface area contributed by atoms with Crippen LogP contribution in [0.15, 0.2) is 48.5 Å². The molecule has 0 atom stereocenters. The summed E-state index contributed by atoms with van der Waals surface area (Å²) in [6, 6.07) is 14.6. The summed E-state index contributed by atoms with van der Waals surface area (Å²) in [5.74, 6) is 6.29. The fourth-order valence-electron chi connectivity index (χ4n) is 4.46. The van der Waals surface area contributed by atoms with Crippen molar-refractivity contribution in [3.8, 4) is 23.0 Å². The van der Waals surface area contributed by atoms with E-state index >= 15 is 0 Å². The summed E-state index contributed by atoms with van der Waals surface area (Å²) in [5.41, 5.74) is 2.74. The van der Waals surface area contributed by atoms with E-state index in [-0.39, 0.29) is 17.2 Å². The third kappa shape index (κ3) is 5.60. The number of carbonyl (C=O) groups is 2. The van der Waals surface area contributed by atoms with Crippen molar-refractivity contribution in [3.05, 3.63) is 71.3 Å². The molecule has 1 aliphatic rings. The Morgan fingerprint density at radius 2 is 1.79 bits per heavy atom. The van der Waals surface area contributed by atoms with Gasteiger partial charge in [0, 0.05) is 12.8 Å². The minimum absolute atomic E-state index is 0.00850. The molecule has 3 aromatic rings. The Morgan fingerprint density at radius 3 is 2.50 bits per heavy atom. The molecule has 0 spiro atoms. The maximum Gasteiger partial charge on any atom is 0.336 e. The first-order valence-electron chi connectivity index (χ1n) is 11.9. The molecule has 0 radical (unpaired) electrons. The average molecular weight is 456 g/mol. The van der Waals surface area contributed by atoms with Gasteiger partial charge in [-0.25, -0.2) is 9.48 Å². The Hall–Kier alpha value is -3.72. The number of benzene rings is 2. The number of carboxylic acid groups (broad SMARTS) is 1. The van der Waals surface area contributed by atoms with Crippen molar-refractivity contribution >= 4 is 11.8 Å². The van der Waals surface area contributed by atoms with E-state index in [2.05, 4.69) is 21.9 Å². The summed E-state index contributed by atoms with van der Waals surface area (Å²) in [6.45, 7) is 2.40. The topological polar surface area (TPSA) is 85.1 Å². The number of hydrogen-bond donors (Lipinski definition) is 1. The SMILES string of the molecule is CCC#Cc1nc(C(=O)CC2CCCCC2)nn1Cc1ccc(-c2ccccc2C(=O)O)cc1. The monoisotopic (exact) mass is 455 g/mol. The fraction of sp³-hybridized carbons (Fsp3) is 0.357. The Kier molecular flexibility index (Phi) is 7.54. The minimum atomic E-state index is -0.952. The van der Waals surface area contributed by atoms with Gasteiger partial charge in [0.2, 0.25) is 17.4 Å². The summed E-state index contributed by atoms with van der Waals surface area (Å²) in [5, 5.41) is 14.0. The first-order valence-corrected chi connectivity index (χ1v) is 11.9. The van der Waals surface area contributed by atoms with Gasteiger partial charge in [-0.15, -0.1) is 5.10 Å². The van der Waals surface area contributed by atoms with Gasteiger partial charge in [0.05, 0.1) is 12.1 Å². The van der Waals surface area contributed by atoms with Gasteiger partial charge < -0.3 is 5.11 Å². The summed E-state index contributed by atoms with van der Waals surface area (Å²) in [7, 11) is 0. The number of aromatic carboxylic acids is 1. The Bertz CT molecular complexity index is 1230. The molecule has 0 saturated heterocycles. The lowest BCUT2D eigenvalue weighted by atomic mass is 9.86. The van der Waals surface area contributed by atoms with Crippen LogP contribution in [0.3, 0.4) is 0 Å². The highest BCUT2D eigenvalue weighted by Gasteiger charge is 2.22. The Morgan fingerprint density at radius 1 is 1.06 bits per heavy atom. The highest BCUT2D eigenvalue weighted by Crippen LogP contribution is 2.27. The van der Waals surface area contributed by atoms with Crippen LogP contribution in [0, 0.1) is 17.8 Å². The standard InChI is InChI=1S/C28H29N3O3/c1-2-3-13-26-29-27(25(32)18-20-9-5-4-6-10-20)30-31(26)19-21-14-16-22(17-15-21)23-11-7-8-12-24(23)28(33)34/h7-8,11-12,14-17,20H,2,4-6,9-10,18-19H2,1H3,(H,33,34). The number of aromatic nitrogens is 3. The molecule has 1 aromatic heterocycles. The summed E-state index contributed by atoms with van der Waals surface area (Å²) < 4.78 is 1.69. The van der Waals surface area contributed by atoms with Crippen LogP contribution in [0.1, 0.15) is 84.2 Å². The van der Waals surface area contributed by atoms with Crippen molar-refractivity contribution in [3.63, 3.8) is 0 Å². The first-order chi connectivity index (χ1) is 16.5. The van der Waals surface area contributed by atoms with Gasteiger partial charge in [-0.1, -0.05) is 87.4 Å². The van der Waals surface area contributed by atoms with E-state index in [0.29, 0.717) is 36.7 Å². The van der Waals surface area contributed by atoms with Crippen LogP contribution in [-0.4, -0.2) is 31.6 Å². The van der Waals surface area contributed by atoms with E-state index in [1.807, 2.05) is 37.3 Å². The molecule has 1 saturated carbocycles. The predicted octanol–water partition coefficient (Wildman–Crippen LogP) is 5.61. The molecule has 0 amide bonds. The average Bonchev–Trinajstić information content (AvgIpc) is 3.26. The lowest BCUT2D eigenvalue weighted by Crippen LogP contribution is -2.13. The zero-order valence-electron chi connectivity index (χ0n) is 19.5. The summed E-state index contributed by atoms with van der Waals surface area (Å²) >= 11 is 0. The molecule has 0 aliphatic heterocycles. The minimum Gasteiger partial charge on any atom is -0.478 e. The lowest BCUT2D eigenvalue weighted by Gasteiger charge is -2.19. The van der Waals surface area contributed by atoms with Crippen LogP contribution in [0.4, 0.5) is 0 Å². The zero-order valence-corrected chi connectivity index (χ0v) is 19.5. The summed E-state index contributed by atoms with van der Waals surface area (Å²) in [6.07, 6.45) is 7.05. The first kappa shape index (κ1) is 23.4. The Balaban J connectivity index is 1.54. The second-order valence-electron chi connectivity index (χ2n) is 8.75. The van der Waals surface area contributed by atoms with Gasteiger partial charge in [0.15, 0.2) is 0 Å². The smallest absolute Gasteiger partial charge is 0.336 e. The van der Waals surface area contributed by atoms with Crippen LogP contribution < -0.4 is 0 Å². The number of carbonyl (C=O) groups excluding carboxylic acids is 1. The normalized spacial score (nSPS) is 13.8. The third-order valence-corrected chi connectivity index (χ3v) is 6.25. The molecule has 1 N–H and O–H groups in total. The molecule has 174 valence electrons. The van der Waals surface area contributed by atoms with Crippen LogP contribution in [0.2, 0.25) is 0 Å².